The first-order valence-electron chi connectivity index (χ1n) is 7.67. The lowest BCUT2D eigenvalue weighted by atomic mass is 9.99. The van der Waals surface area contributed by atoms with E-state index in [9.17, 15) is 22.8 Å². The highest BCUT2D eigenvalue weighted by atomic mass is 32.1. The van der Waals surface area contributed by atoms with Crippen molar-refractivity contribution in [1.29, 1.82) is 0 Å². The average Bonchev–Trinajstić information content (AvgIpc) is 3.04. The highest BCUT2D eigenvalue weighted by Gasteiger charge is 2.20. The molecule has 1 N–H and O–H groups in total. The first kappa shape index (κ1) is 17.5. The highest BCUT2D eigenvalue weighted by molar-refractivity contribution is 7.14. The van der Waals surface area contributed by atoms with Crippen molar-refractivity contribution < 1.29 is 27.5 Å². The number of rotatable bonds is 4. The molecular formula is C17H14F3NO3S. The molecule has 1 aromatic carbocycles. The van der Waals surface area contributed by atoms with E-state index in [0.717, 1.165) is 42.2 Å². The van der Waals surface area contributed by atoms with Crippen molar-refractivity contribution in [2.24, 2.45) is 0 Å². The summed E-state index contributed by atoms with van der Waals surface area (Å²) in [4.78, 5) is 25.3. The summed E-state index contributed by atoms with van der Waals surface area (Å²) in [5.74, 6) is -6.03. The molecule has 0 bridgehead atoms. The normalized spacial score (nSPS) is 13.2. The minimum absolute atomic E-state index is 0.415. The van der Waals surface area contributed by atoms with Crippen LogP contribution in [-0.4, -0.2) is 18.5 Å². The molecule has 1 aliphatic rings. The van der Waals surface area contributed by atoms with Crippen LogP contribution in [0.25, 0.3) is 0 Å². The van der Waals surface area contributed by atoms with E-state index in [1.54, 1.807) is 6.07 Å². The van der Waals surface area contributed by atoms with Gasteiger partial charge in [0.15, 0.2) is 24.1 Å². The van der Waals surface area contributed by atoms with E-state index in [0.29, 0.717) is 10.9 Å². The Hall–Kier alpha value is -2.35. The van der Waals surface area contributed by atoms with Crippen LogP contribution in [-0.2, 0) is 22.4 Å². The van der Waals surface area contributed by atoms with Gasteiger partial charge in [0.05, 0.1) is 5.69 Å². The second kappa shape index (κ2) is 7.26. The quantitative estimate of drug-likeness (QED) is 0.658. The molecule has 0 spiro atoms. The molecule has 1 heterocycles. The maximum absolute atomic E-state index is 13.5. The summed E-state index contributed by atoms with van der Waals surface area (Å²) < 4.78 is 44.3. The Bertz CT molecular complexity index is 811. The van der Waals surface area contributed by atoms with Crippen LogP contribution in [0.1, 0.15) is 33.0 Å². The van der Waals surface area contributed by atoms with Crippen LogP contribution in [0.15, 0.2) is 18.2 Å². The minimum atomic E-state index is -1.68. The maximum Gasteiger partial charge on any atom is 0.348 e. The number of fused-ring (bicyclic) bond motifs is 1. The molecule has 0 unspecified atom stereocenters. The number of hydrogen-bond donors (Lipinski definition) is 1. The summed E-state index contributed by atoms with van der Waals surface area (Å²) in [6, 6.07) is 3.35. The summed E-state index contributed by atoms with van der Waals surface area (Å²) in [7, 11) is 0. The number of anilines is 1. The Balaban J connectivity index is 1.58. The van der Waals surface area contributed by atoms with Crippen molar-refractivity contribution in [3.8, 4) is 0 Å². The SMILES string of the molecule is O=C(COC(=O)c1cc2c(s1)CCCC2)Nc1ccc(F)c(F)c1F. The highest BCUT2D eigenvalue weighted by Crippen LogP contribution is 2.30. The third-order valence-corrected chi connectivity index (χ3v) is 5.06. The topological polar surface area (TPSA) is 55.4 Å². The molecule has 3 rings (SSSR count). The molecule has 0 aliphatic heterocycles. The first-order valence-corrected chi connectivity index (χ1v) is 8.49. The van der Waals surface area contributed by atoms with Gasteiger partial charge in [-0.05, 0) is 49.4 Å². The van der Waals surface area contributed by atoms with Crippen molar-refractivity contribution in [3.63, 3.8) is 0 Å². The van der Waals surface area contributed by atoms with Gasteiger partial charge in [-0.2, -0.15) is 0 Å². The monoisotopic (exact) mass is 369 g/mol. The number of carbonyl (C=O) groups is 2. The van der Waals surface area contributed by atoms with Gasteiger partial charge in [0.1, 0.15) is 4.88 Å². The lowest BCUT2D eigenvalue weighted by Crippen LogP contribution is -2.21. The molecule has 0 fully saturated rings. The molecule has 2 aromatic rings. The zero-order valence-corrected chi connectivity index (χ0v) is 13.9. The van der Waals surface area contributed by atoms with E-state index >= 15 is 0 Å². The predicted octanol–water partition coefficient (Wildman–Crippen LogP) is 3.84. The van der Waals surface area contributed by atoms with E-state index in [1.165, 1.54) is 11.3 Å². The van der Waals surface area contributed by atoms with Gasteiger partial charge in [-0.25, -0.2) is 18.0 Å². The number of nitrogens with one attached hydrogen (secondary N) is 1. The van der Waals surface area contributed by atoms with Gasteiger partial charge in [-0.15, -0.1) is 11.3 Å². The summed E-state index contributed by atoms with van der Waals surface area (Å²) >= 11 is 1.35. The summed E-state index contributed by atoms with van der Waals surface area (Å²) in [5, 5.41) is 2.04. The minimum Gasteiger partial charge on any atom is -0.451 e. The Morgan fingerprint density at radius 3 is 2.64 bits per heavy atom. The standard InChI is InChI=1S/C17H14F3NO3S/c18-10-5-6-11(16(20)15(10)19)21-14(22)8-24-17(23)13-7-9-3-1-2-4-12(9)25-13/h5-7H,1-4,8H2,(H,21,22). The Morgan fingerprint density at radius 1 is 1.12 bits per heavy atom. The molecule has 8 heteroatoms. The van der Waals surface area contributed by atoms with Crippen molar-refractivity contribution in [2.75, 3.05) is 11.9 Å². The van der Waals surface area contributed by atoms with Crippen molar-refractivity contribution in [2.45, 2.75) is 25.7 Å². The maximum atomic E-state index is 13.5. The van der Waals surface area contributed by atoms with Gasteiger partial charge in [-0.1, -0.05) is 0 Å². The number of thiophene rings is 1. The van der Waals surface area contributed by atoms with Crippen LogP contribution in [0.5, 0.6) is 0 Å². The molecule has 0 atom stereocenters. The molecule has 132 valence electrons. The Morgan fingerprint density at radius 2 is 1.88 bits per heavy atom. The van der Waals surface area contributed by atoms with E-state index in [1.807, 2.05) is 5.32 Å². The lowest BCUT2D eigenvalue weighted by molar-refractivity contribution is -0.119. The fourth-order valence-electron chi connectivity index (χ4n) is 2.60. The van der Waals surface area contributed by atoms with Crippen molar-refractivity contribution in [1.82, 2.24) is 0 Å². The second-order valence-corrected chi connectivity index (χ2v) is 6.75. The van der Waals surface area contributed by atoms with E-state index in [-0.39, 0.29) is 0 Å². The molecule has 1 amide bonds. The van der Waals surface area contributed by atoms with Crippen LogP contribution < -0.4 is 5.32 Å². The summed E-state index contributed by atoms with van der Waals surface area (Å²) in [6.07, 6.45) is 4.03. The molecular weight excluding hydrogens is 355 g/mol. The number of esters is 1. The number of ether oxygens (including phenoxy) is 1. The van der Waals surface area contributed by atoms with Crippen LogP contribution in [0.3, 0.4) is 0 Å². The molecule has 1 aromatic heterocycles. The fourth-order valence-corrected chi connectivity index (χ4v) is 3.75. The fraction of sp³-hybridized carbons (Fsp3) is 0.294. The molecule has 0 saturated carbocycles. The number of benzene rings is 1. The molecule has 25 heavy (non-hydrogen) atoms. The summed E-state index contributed by atoms with van der Waals surface area (Å²) in [6.45, 7) is -0.653. The second-order valence-electron chi connectivity index (χ2n) is 5.61. The first-order chi connectivity index (χ1) is 12.0. The third kappa shape index (κ3) is 3.84. The van der Waals surface area contributed by atoms with Crippen molar-refractivity contribution in [3.05, 3.63) is 51.0 Å². The third-order valence-electron chi connectivity index (χ3n) is 3.84. The molecule has 0 radical (unpaired) electrons. The van der Waals surface area contributed by atoms with Gasteiger partial charge in [0.25, 0.3) is 5.91 Å². The zero-order chi connectivity index (χ0) is 18.0. The van der Waals surface area contributed by atoms with E-state index in [4.69, 9.17) is 4.74 Å². The average molecular weight is 369 g/mol. The van der Waals surface area contributed by atoms with Gasteiger partial charge >= 0.3 is 5.97 Å². The number of aryl methyl sites for hydroxylation is 2. The molecule has 0 saturated heterocycles. The number of halogens is 3. The number of carbonyl (C=O) groups excluding carboxylic acids is 2. The van der Waals surface area contributed by atoms with Crippen LogP contribution in [0.4, 0.5) is 18.9 Å². The Labute approximate surface area is 145 Å². The number of amides is 1. The van der Waals surface area contributed by atoms with Crippen molar-refractivity contribution >= 4 is 28.9 Å². The molecule has 1 aliphatic carbocycles. The van der Waals surface area contributed by atoms with Gasteiger partial charge < -0.3 is 10.1 Å². The van der Waals surface area contributed by atoms with E-state index in [2.05, 4.69) is 0 Å². The van der Waals surface area contributed by atoms with E-state index < -0.39 is 41.6 Å². The summed E-state index contributed by atoms with van der Waals surface area (Å²) in [5.41, 5.74) is 0.614. The smallest absolute Gasteiger partial charge is 0.348 e. The lowest BCUT2D eigenvalue weighted by Gasteiger charge is -2.08. The van der Waals surface area contributed by atoms with Crippen LogP contribution >= 0.6 is 11.3 Å². The largest absolute Gasteiger partial charge is 0.451 e. The van der Waals surface area contributed by atoms with Crippen LogP contribution in [0.2, 0.25) is 0 Å². The molecule has 4 nitrogen and oxygen atoms in total. The van der Waals surface area contributed by atoms with Crippen LogP contribution in [0, 0.1) is 17.5 Å². The van der Waals surface area contributed by atoms with Gasteiger partial charge in [0, 0.05) is 4.88 Å². The van der Waals surface area contributed by atoms with Gasteiger partial charge in [0.2, 0.25) is 0 Å². The predicted molar refractivity (Wildman–Crippen MR) is 86.2 cm³/mol. The Kier molecular flexibility index (Phi) is 5.08. The zero-order valence-electron chi connectivity index (χ0n) is 13.0. The van der Waals surface area contributed by atoms with Gasteiger partial charge in [-0.3, -0.25) is 4.79 Å². The number of hydrogen-bond acceptors (Lipinski definition) is 4.